The van der Waals surface area contributed by atoms with Gasteiger partial charge in [0.15, 0.2) is 0 Å². The van der Waals surface area contributed by atoms with Crippen molar-refractivity contribution in [3.8, 4) is 5.88 Å². The Morgan fingerprint density at radius 2 is 2.00 bits per heavy atom. The molecule has 128 valence electrons. The number of nitrogens with zero attached hydrogens (tertiary/aromatic N) is 2. The fourth-order valence-electron chi connectivity index (χ4n) is 3.74. The van der Waals surface area contributed by atoms with Gasteiger partial charge >= 0.3 is 6.03 Å². The molecule has 1 aromatic heterocycles. The van der Waals surface area contributed by atoms with E-state index in [1.165, 1.54) is 17.6 Å². The molecule has 1 N–H and O–H groups in total. The Balaban J connectivity index is 1.61. The molecule has 4 rings (SSSR count). The molecule has 1 spiro atoms. The van der Waals surface area contributed by atoms with Crippen LogP contribution in [0.5, 0.6) is 5.88 Å². The summed E-state index contributed by atoms with van der Waals surface area (Å²) in [4.78, 5) is 31.0. The van der Waals surface area contributed by atoms with Gasteiger partial charge in [0.2, 0.25) is 5.88 Å². The van der Waals surface area contributed by atoms with Crippen LogP contribution in [0, 0.1) is 0 Å². The number of carbonyl (C=O) groups excluding carboxylic acids is 2. The number of pyridine rings is 1. The van der Waals surface area contributed by atoms with Gasteiger partial charge in [-0.15, -0.1) is 0 Å². The lowest BCUT2D eigenvalue weighted by atomic mass is 9.78. The van der Waals surface area contributed by atoms with Crippen molar-refractivity contribution in [1.82, 2.24) is 15.2 Å². The number of urea groups is 1. The van der Waals surface area contributed by atoms with Crippen molar-refractivity contribution >= 4 is 11.9 Å². The molecule has 3 amide bonds. The van der Waals surface area contributed by atoms with Crippen LogP contribution in [0.3, 0.4) is 0 Å². The molecule has 6 nitrogen and oxygen atoms in total. The Bertz CT molecular complexity index is 851. The number of hydrogen-bond donors (Lipinski definition) is 1. The Morgan fingerprint density at radius 1 is 1.20 bits per heavy atom. The number of hydrogen-bond acceptors (Lipinski definition) is 4. The van der Waals surface area contributed by atoms with Crippen molar-refractivity contribution in [2.24, 2.45) is 0 Å². The molecule has 1 fully saturated rings. The van der Waals surface area contributed by atoms with Gasteiger partial charge < -0.3 is 10.1 Å². The highest BCUT2D eigenvalue weighted by molar-refractivity contribution is 6.07. The molecule has 6 heteroatoms. The van der Waals surface area contributed by atoms with Gasteiger partial charge in [-0.1, -0.05) is 30.3 Å². The average molecular weight is 337 g/mol. The van der Waals surface area contributed by atoms with E-state index in [2.05, 4.69) is 16.4 Å². The summed E-state index contributed by atoms with van der Waals surface area (Å²) in [5.74, 6) is 0.260. The Labute approximate surface area is 145 Å². The van der Waals surface area contributed by atoms with Gasteiger partial charge in [-0.05, 0) is 30.0 Å². The Morgan fingerprint density at radius 3 is 2.80 bits per heavy atom. The summed E-state index contributed by atoms with van der Waals surface area (Å²) >= 11 is 0. The first-order chi connectivity index (χ1) is 12.1. The number of aromatic nitrogens is 1. The van der Waals surface area contributed by atoms with Gasteiger partial charge in [-0.3, -0.25) is 9.69 Å². The number of rotatable bonds is 3. The van der Waals surface area contributed by atoms with E-state index in [0.29, 0.717) is 24.3 Å². The minimum Gasteiger partial charge on any atom is -0.481 e. The smallest absolute Gasteiger partial charge is 0.325 e. The van der Waals surface area contributed by atoms with E-state index in [9.17, 15) is 9.59 Å². The van der Waals surface area contributed by atoms with Crippen molar-refractivity contribution in [3.05, 3.63) is 59.3 Å². The molecule has 1 aliphatic heterocycles. The van der Waals surface area contributed by atoms with Crippen LogP contribution in [0.1, 0.15) is 23.1 Å². The van der Waals surface area contributed by atoms with Gasteiger partial charge in [-0.2, -0.15) is 0 Å². The third-order valence-corrected chi connectivity index (χ3v) is 5.05. The van der Waals surface area contributed by atoms with Gasteiger partial charge in [0.1, 0.15) is 5.54 Å². The zero-order valence-corrected chi connectivity index (χ0v) is 14.0. The maximum Gasteiger partial charge on any atom is 0.325 e. The van der Waals surface area contributed by atoms with Crippen molar-refractivity contribution in [2.75, 3.05) is 7.11 Å². The number of benzene rings is 1. The lowest BCUT2D eigenvalue weighted by molar-refractivity contribution is -0.132. The first-order valence-corrected chi connectivity index (χ1v) is 8.32. The van der Waals surface area contributed by atoms with Crippen molar-refractivity contribution in [3.63, 3.8) is 0 Å². The molecule has 1 atom stereocenters. The molecule has 1 saturated heterocycles. The van der Waals surface area contributed by atoms with Crippen LogP contribution >= 0.6 is 0 Å². The van der Waals surface area contributed by atoms with Crippen molar-refractivity contribution in [2.45, 2.75) is 31.3 Å². The SMILES string of the molecule is COc1ncccc1CN1C(=O)N[C@@]2(CCc3ccccc3C2)C1=O. The summed E-state index contributed by atoms with van der Waals surface area (Å²) < 4.78 is 5.23. The van der Waals surface area contributed by atoms with Gasteiger partial charge in [-0.25, -0.2) is 9.78 Å². The molecule has 0 bridgehead atoms. The fourth-order valence-corrected chi connectivity index (χ4v) is 3.74. The van der Waals surface area contributed by atoms with Gasteiger partial charge in [0.25, 0.3) is 5.91 Å². The number of nitrogens with one attached hydrogen (secondary N) is 1. The van der Waals surface area contributed by atoms with Crippen LogP contribution < -0.4 is 10.1 Å². The summed E-state index contributed by atoms with van der Waals surface area (Å²) in [5.41, 5.74) is 2.26. The number of aryl methyl sites for hydroxylation is 1. The second-order valence-corrected chi connectivity index (χ2v) is 6.52. The lowest BCUT2D eigenvalue weighted by Crippen LogP contribution is -2.51. The quantitative estimate of drug-likeness (QED) is 0.871. The highest BCUT2D eigenvalue weighted by Crippen LogP contribution is 2.34. The fraction of sp³-hybridized carbons (Fsp3) is 0.316. The van der Waals surface area contributed by atoms with E-state index in [0.717, 1.165) is 12.0 Å². The summed E-state index contributed by atoms with van der Waals surface area (Å²) in [6, 6.07) is 11.3. The zero-order chi connectivity index (χ0) is 17.4. The normalized spacial score (nSPS) is 22.0. The molecule has 25 heavy (non-hydrogen) atoms. The molecule has 1 aliphatic carbocycles. The topological polar surface area (TPSA) is 71.5 Å². The maximum absolute atomic E-state index is 13.1. The zero-order valence-electron chi connectivity index (χ0n) is 14.0. The number of imide groups is 1. The van der Waals surface area contributed by atoms with Gasteiger partial charge in [0, 0.05) is 18.2 Å². The minimum atomic E-state index is -0.832. The van der Waals surface area contributed by atoms with Crippen LogP contribution in [0.25, 0.3) is 0 Å². The van der Waals surface area contributed by atoms with E-state index in [-0.39, 0.29) is 18.5 Å². The van der Waals surface area contributed by atoms with Crippen LogP contribution in [-0.4, -0.2) is 34.5 Å². The number of methoxy groups -OCH3 is 1. The first kappa shape index (κ1) is 15.6. The van der Waals surface area contributed by atoms with E-state index in [1.807, 2.05) is 24.3 Å². The van der Waals surface area contributed by atoms with Crippen LogP contribution in [0.4, 0.5) is 4.79 Å². The van der Waals surface area contributed by atoms with Crippen molar-refractivity contribution < 1.29 is 14.3 Å². The second kappa shape index (κ2) is 5.88. The molecule has 0 saturated carbocycles. The van der Waals surface area contributed by atoms with Gasteiger partial charge in [0.05, 0.1) is 13.7 Å². The molecular weight excluding hydrogens is 318 g/mol. The monoisotopic (exact) mass is 337 g/mol. The van der Waals surface area contributed by atoms with Crippen LogP contribution in [0.15, 0.2) is 42.6 Å². The van der Waals surface area contributed by atoms with E-state index in [1.54, 1.807) is 12.3 Å². The molecular formula is C19H19N3O3. The molecule has 2 aromatic rings. The number of fused-ring (bicyclic) bond motifs is 1. The molecule has 0 radical (unpaired) electrons. The first-order valence-electron chi connectivity index (χ1n) is 8.32. The number of amides is 3. The van der Waals surface area contributed by atoms with Crippen LogP contribution in [0.2, 0.25) is 0 Å². The predicted octanol–water partition coefficient (Wildman–Crippen LogP) is 2.07. The predicted molar refractivity (Wildman–Crippen MR) is 91.1 cm³/mol. The lowest BCUT2D eigenvalue weighted by Gasteiger charge is -2.32. The molecule has 2 aliphatic rings. The van der Waals surface area contributed by atoms with E-state index < -0.39 is 5.54 Å². The highest BCUT2D eigenvalue weighted by Gasteiger charge is 2.52. The minimum absolute atomic E-state index is 0.158. The summed E-state index contributed by atoms with van der Waals surface area (Å²) in [7, 11) is 1.53. The van der Waals surface area contributed by atoms with E-state index in [4.69, 9.17) is 4.74 Å². The number of carbonyl (C=O) groups is 2. The second-order valence-electron chi connectivity index (χ2n) is 6.52. The summed E-state index contributed by atoms with van der Waals surface area (Å²) in [6.07, 6.45) is 3.56. The van der Waals surface area contributed by atoms with Crippen molar-refractivity contribution in [1.29, 1.82) is 0 Å². The largest absolute Gasteiger partial charge is 0.481 e. The standard InChI is InChI=1S/C19H19N3O3/c1-25-16-15(7-4-10-20-16)12-22-17(23)19(21-18(22)24)9-8-13-5-2-3-6-14(13)11-19/h2-7,10H,8-9,11-12H2,1H3,(H,21,24)/t19-/m1/s1. The maximum atomic E-state index is 13.1. The van der Waals surface area contributed by atoms with Crippen LogP contribution in [-0.2, 0) is 24.2 Å². The molecule has 0 unspecified atom stereocenters. The third-order valence-electron chi connectivity index (χ3n) is 5.05. The Hall–Kier alpha value is -2.89. The molecule has 1 aromatic carbocycles. The Kier molecular flexibility index (Phi) is 3.67. The average Bonchev–Trinajstić information content (AvgIpc) is 2.86. The third kappa shape index (κ3) is 2.54. The number of ether oxygens (including phenoxy) is 1. The highest BCUT2D eigenvalue weighted by atomic mass is 16.5. The summed E-state index contributed by atoms with van der Waals surface area (Å²) in [6.45, 7) is 0.158. The molecule has 2 heterocycles. The van der Waals surface area contributed by atoms with E-state index >= 15 is 0 Å². The summed E-state index contributed by atoms with van der Waals surface area (Å²) in [5, 5.41) is 2.94.